The largest absolute Gasteiger partial charge is 0.756 e. The third kappa shape index (κ3) is 44.9. The van der Waals surface area contributed by atoms with Gasteiger partial charge < -0.3 is 28.8 Å². The average molecular weight is 881 g/mol. The van der Waals surface area contributed by atoms with Gasteiger partial charge in [-0.15, -0.1) is 0 Å². The van der Waals surface area contributed by atoms with Gasteiger partial charge in [-0.1, -0.05) is 180 Å². The van der Waals surface area contributed by atoms with Crippen LogP contribution in [0.1, 0.15) is 155 Å². The number of nitrogens with one attached hydrogen (secondary N) is 1. The van der Waals surface area contributed by atoms with Crippen LogP contribution < -0.4 is 10.2 Å². The molecule has 0 rings (SSSR count). The number of carbonyl (C=O) groups excluding carboxylic acids is 1. The van der Waals surface area contributed by atoms with Gasteiger partial charge in [0.1, 0.15) is 13.2 Å². The molecule has 0 aliphatic heterocycles. The molecule has 62 heavy (non-hydrogen) atoms. The van der Waals surface area contributed by atoms with Crippen molar-refractivity contribution in [2.75, 3.05) is 40.9 Å². The van der Waals surface area contributed by atoms with E-state index in [1.807, 2.05) is 27.2 Å². The number of rotatable bonds is 41. The summed E-state index contributed by atoms with van der Waals surface area (Å²) in [6.07, 6.45) is 64.5. The summed E-state index contributed by atoms with van der Waals surface area (Å²) in [5.41, 5.74) is 0. The maximum absolute atomic E-state index is 12.8. The van der Waals surface area contributed by atoms with Crippen molar-refractivity contribution in [3.8, 4) is 0 Å². The smallest absolute Gasteiger partial charge is 0.268 e. The Hall–Kier alpha value is -3.10. The van der Waals surface area contributed by atoms with Crippen molar-refractivity contribution in [1.82, 2.24) is 5.32 Å². The van der Waals surface area contributed by atoms with Crippen molar-refractivity contribution < 1.29 is 32.9 Å². The van der Waals surface area contributed by atoms with E-state index in [0.717, 1.165) is 116 Å². The van der Waals surface area contributed by atoms with Crippen LogP contribution in [-0.2, 0) is 18.4 Å². The van der Waals surface area contributed by atoms with Crippen LogP contribution in [0.15, 0.2) is 122 Å². The van der Waals surface area contributed by atoms with Gasteiger partial charge in [-0.25, -0.2) is 0 Å². The van der Waals surface area contributed by atoms with Gasteiger partial charge in [0.05, 0.1) is 39.9 Å². The van der Waals surface area contributed by atoms with Crippen molar-refractivity contribution in [2.45, 2.75) is 167 Å². The van der Waals surface area contributed by atoms with E-state index in [0.29, 0.717) is 17.4 Å². The number of likely N-dealkylation sites (N-methyl/N-ethyl adjacent to an activating group) is 1. The van der Waals surface area contributed by atoms with E-state index < -0.39 is 26.6 Å². The maximum atomic E-state index is 12.8. The third-order valence-electron chi connectivity index (χ3n) is 9.68. The molecule has 9 heteroatoms. The highest BCUT2D eigenvalue weighted by Gasteiger charge is 2.23. The lowest BCUT2D eigenvalue weighted by Crippen LogP contribution is -2.45. The first-order chi connectivity index (χ1) is 30.0. The Morgan fingerprint density at radius 2 is 0.984 bits per heavy atom. The molecule has 0 aliphatic rings. The molecule has 0 radical (unpaired) electrons. The number of hydrogen-bond acceptors (Lipinski definition) is 6. The Morgan fingerprint density at radius 1 is 0.581 bits per heavy atom. The normalized spacial score (nSPS) is 15.3. The number of amides is 1. The van der Waals surface area contributed by atoms with Gasteiger partial charge in [-0.3, -0.25) is 9.36 Å². The number of unbranched alkanes of at least 4 members (excludes halogenated alkanes) is 10. The minimum Gasteiger partial charge on any atom is -0.756 e. The van der Waals surface area contributed by atoms with E-state index in [1.165, 1.54) is 19.3 Å². The van der Waals surface area contributed by atoms with E-state index in [2.05, 4.69) is 129 Å². The summed E-state index contributed by atoms with van der Waals surface area (Å²) in [7, 11) is 1.22. The fourth-order valence-electron chi connectivity index (χ4n) is 5.91. The number of nitrogens with zero attached hydrogens (tertiary/aromatic N) is 1. The van der Waals surface area contributed by atoms with Gasteiger partial charge in [0.2, 0.25) is 5.91 Å². The first kappa shape index (κ1) is 58.9. The Kier molecular flexibility index (Phi) is 41.0. The highest BCUT2D eigenvalue weighted by molar-refractivity contribution is 7.45. The molecule has 0 heterocycles. The lowest BCUT2D eigenvalue weighted by molar-refractivity contribution is -0.870. The Labute approximate surface area is 380 Å². The molecule has 0 aromatic rings. The third-order valence-corrected chi connectivity index (χ3v) is 10.6. The zero-order chi connectivity index (χ0) is 45.7. The Bertz CT molecular complexity index is 1410. The minimum atomic E-state index is -4.58. The van der Waals surface area contributed by atoms with E-state index in [1.54, 1.807) is 6.08 Å². The predicted molar refractivity (Wildman–Crippen MR) is 265 cm³/mol. The number of allylic oxidation sites excluding steroid dienone is 19. The van der Waals surface area contributed by atoms with Crippen LogP contribution in [0.4, 0.5) is 0 Å². The second kappa shape index (κ2) is 43.2. The Morgan fingerprint density at radius 3 is 1.44 bits per heavy atom. The number of aliphatic hydroxyl groups is 1. The molecule has 1 amide bonds. The van der Waals surface area contributed by atoms with Crippen LogP contribution in [0, 0.1) is 0 Å². The van der Waals surface area contributed by atoms with Crippen molar-refractivity contribution in [3.63, 3.8) is 0 Å². The molecule has 0 aliphatic carbocycles. The number of quaternary nitrogens is 1. The van der Waals surface area contributed by atoms with Gasteiger partial charge in [0, 0.05) is 6.42 Å². The summed E-state index contributed by atoms with van der Waals surface area (Å²) in [6.45, 7) is 4.37. The summed E-state index contributed by atoms with van der Waals surface area (Å²) >= 11 is 0. The van der Waals surface area contributed by atoms with Crippen molar-refractivity contribution in [2.24, 2.45) is 0 Å². The fraction of sp³-hybridized carbons (Fsp3) is 0.604. The minimum absolute atomic E-state index is 0.0111. The SMILES string of the molecule is CC/C=C\C/C=C\C/C=C\C/C=C\C/C=C\C/C=C\C/C=C\C/C=C\C/C=C\CCCCCCCCCC(=O)NC(COP(=O)([O-])OCC[N+](C)(C)C)C(O)/C=C/CCCCC. The first-order valence-electron chi connectivity index (χ1n) is 23.9. The molecule has 0 saturated heterocycles. The van der Waals surface area contributed by atoms with Crippen LogP contribution >= 0.6 is 7.82 Å². The summed E-state index contributed by atoms with van der Waals surface area (Å²) in [5, 5.41) is 13.6. The second-order valence-corrected chi connectivity index (χ2v) is 18.1. The van der Waals surface area contributed by atoms with Crippen molar-refractivity contribution in [3.05, 3.63) is 122 Å². The molecule has 352 valence electrons. The highest BCUT2D eigenvalue weighted by atomic mass is 31.2. The van der Waals surface area contributed by atoms with E-state index >= 15 is 0 Å². The molecule has 0 saturated carbocycles. The van der Waals surface area contributed by atoms with Crippen molar-refractivity contribution in [1.29, 1.82) is 0 Å². The summed E-state index contributed by atoms with van der Waals surface area (Å²) in [4.78, 5) is 25.1. The number of hydrogen-bond donors (Lipinski definition) is 2. The van der Waals surface area contributed by atoms with Crippen LogP contribution in [0.25, 0.3) is 0 Å². The number of aliphatic hydroxyl groups excluding tert-OH is 1. The number of carbonyl (C=O) groups is 1. The molecule has 2 N–H and O–H groups in total. The molecule has 0 fully saturated rings. The van der Waals surface area contributed by atoms with Crippen molar-refractivity contribution >= 4 is 13.7 Å². The Balaban J connectivity index is 4.03. The van der Waals surface area contributed by atoms with Gasteiger partial charge in [0.25, 0.3) is 7.82 Å². The molecule has 8 nitrogen and oxygen atoms in total. The summed E-state index contributed by atoms with van der Waals surface area (Å²) in [5.74, 6) is -0.223. The second-order valence-electron chi connectivity index (χ2n) is 16.7. The first-order valence-corrected chi connectivity index (χ1v) is 25.4. The number of phosphoric acid groups is 1. The lowest BCUT2D eigenvalue weighted by atomic mass is 10.1. The average Bonchev–Trinajstić information content (AvgIpc) is 3.23. The standard InChI is InChI=1S/C53H89N2O6P/c1-6-8-10-12-13-14-15-16-17-18-19-20-21-22-23-24-25-26-27-28-29-30-31-32-33-34-35-36-37-38-39-40-41-43-45-47-53(57)54-51(52(56)46-44-42-11-9-7-2)50-61-62(58,59)60-49-48-55(3,4)5/h8,10,13-14,16-17,19-20,22-23,25-26,28-29,31-32,34-35,44,46,51-52,56H,6-7,9,11-12,15,18,21,24,27,30,33,36-43,45,47-50H2,1-5H3,(H-,54,57,58,59)/b10-8-,14-13-,17-16-,20-19-,23-22-,26-25-,29-28-,32-31-,35-34-,46-44+. The lowest BCUT2D eigenvalue weighted by Gasteiger charge is -2.29. The fourth-order valence-corrected chi connectivity index (χ4v) is 6.63. The monoisotopic (exact) mass is 881 g/mol. The molecule has 0 spiro atoms. The molecule has 0 aromatic carbocycles. The predicted octanol–water partition coefficient (Wildman–Crippen LogP) is 13.2. The zero-order valence-electron chi connectivity index (χ0n) is 39.8. The molecule has 3 unspecified atom stereocenters. The van der Waals surface area contributed by atoms with Crippen LogP contribution in [-0.4, -0.2) is 68.5 Å². The van der Waals surface area contributed by atoms with E-state index in [4.69, 9.17) is 9.05 Å². The number of phosphoric ester groups is 1. The molecular formula is C53H89N2O6P. The van der Waals surface area contributed by atoms with Crippen LogP contribution in [0.3, 0.4) is 0 Å². The van der Waals surface area contributed by atoms with Gasteiger partial charge in [0.15, 0.2) is 0 Å². The quantitative estimate of drug-likeness (QED) is 0.0274. The summed E-state index contributed by atoms with van der Waals surface area (Å²) < 4.78 is 23.0. The van der Waals surface area contributed by atoms with Gasteiger partial charge in [-0.05, 0) is 89.9 Å². The zero-order valence-corrected chi connectivity index (χ0v) is 40.7. The maximum Gasteiger partial charge on any atom is 0.268 e. The molecular weight excluding hydrogens is 792 g/mol. The van der Waals surface area contributed by atoms with Crippen LogP contribution in [0.5, 0.6) is 0 Å². The van der Waals surface area contributed by atoms with Crippen LogP contribution in [0.2, 0.25) is 0 Å². The molecule has 3 atom stereocenters. The van der Waals surface area contributed by atoms with Gasteiger partial charge in [-0.2, -0.15) is 0 Å². The molecule has 0 bridgehead atoms. The topological polar surface area (TPSA) is 108 Å². The molecule has 0 aromatic heterocycles. The summed E-state index contributed by atoms with van der Waals surface area (Å²) in [6, 6.07) is -0.897. The van der Waals surface area contributed by atoms with E-state index in [9.17, 15) is 19.4 Å². The van der Waals surface area contributed by atoms with E-state index in [-0.39, 0.29) is 12.5 Å². The highest BCUT2D eigenvalue weighted by Crippen LogP contribution is 2.38. The van der Waals surface area contributed by atoms with Gasteiger partial charge >= 0.3 is 0 Å².